The molecule has 0 saturated heterocycles. The highest BCUT2D eigenvalue weighted by molar-refractivity contribution is 8.02. The molecule has 0 aliphatic rings. The molecule has 0 fully saturated rings. The van der Waals surface area contributed by atoms with Gasteiger partial charge in [-0.1, -0.05) is 36.4 Å². The molecule has 0 aliphatic carbocycles. The van der Waals surface area contributed by atoms with E-state index in [0.29, 0.717) is 4.90 Å². The second kappa shape index (κ2) is 5.23. The van der Waals surface area contributed by atoms with Crippen molar-refractivity contribution in [3.8, 4) is 0 Å². The van der Waals surface area contributed by atoms with Gasteiger partial charge in [-0.3, -0.25) is 9.59 Å². The minimum absolute atomic E-state index is 0.0241. The Morgan fingerprint density at radius 1 is 1.29 bits per heavy atom. The van der Waals surface area contributed by atoms with Crippen LogP contribution >= 0.6 is 11.8 Å². The largest absolute Gasteiger partial charge is 0.480 e. The first-order chi connectivity index (χ1) is 7.92. The SMILES string of the molecule is CCC(Sc1cccc(C)c1)(C(=O)O)C(=O)O. The van der Waals surface area contributed by atoms with E-state index < -0.39 is 16.7 Å². The number of aliphatic carboxylic acids is 2. The van der Waals surface area contributed by atoms with Crippen molar-refractivity contribution in [2.45, 2.75) is 29.9 Å². The molecule has 4 nitrogen and oxygen atoms in total. The van der Waals surface area contributed by atoms with Crippen molar-refractivity contribution >= 4 is 23.7 Å². The van der Waals surface area contributed by atoms with Crippen LogP contribution in [-0.2, 0) is 9.59 Å². The molecule has 5 heteroatoms. The molecule has 0 radical (unpaired) electrons. The van der Waals surface area contributed by atoms with E-state index in [2.05, 4.69) is 0 Å². The molecule has 0 saturated carbocycles. The van der Waals surface area contributed by atoms with E-state index in [-0.39, 0.29) is 6.42 Å². The van der Waals surface area contributed by atoms with Gasteiger partial charge in [0.25, 0.3) is 0 Å². The van der Waals surface area contributed by atoms with Crippen LogP contribution in [0.4, 0.5) is 0 Å². The minimum Gasteiger partial charge on any atom is -0.480 e. The topological polar surface area (TPSA) is 74.6 Å². The molecule has 0 unspecified atom stereocenters. The quantitative estimate of drug-likeness (QED) is 0.623. The monoisotopic (exact) mass is 254 g/mol. The van der Waals surface area contributed by atoms with Gasteiger partial charge in [0.15, 0.2) is 0 Å². The third-order valence-electron chi connectivity index (χ3n) is 2.47. The number of benzene rings is 1. The highest BCUT2D eigenvalue weighted by Gasteiger charge is 2.46. The fourth-order valence-corrected chi connectivity index (χ4v) is 2.55. The van der Waals surface area contributed by atoms with Crippen molar-refractivity contribution in [2.75, 3.05) is 0 Å². The van der Waals surface area contributed by atoms with Crippen molar-refractivity contribution in [3.63, 3.8) is 0 Å². The van der Waals surface area contributed by atoms with Gasteiger partial charge in [0.2, 0.25) is 4.75 Å². The van der Waals surface area contributed by atoms with Crippen LogP contribution in [0.3, 0.4) is 0 Å². The van der Waals surface area contributed by atoms with E-state index in [1.54, 1.807) is 25.1 Å². The first kappa shape index (κ1) is 13.6. The third kappa shape index (κ3) is 2.79. The Balaban J connectivity index is 3.10. The van der Waals surface area contributed by atoms with Crippen molar-refractivity contribution < 1.29 is 19.8 Å². The van der Waals surface area contributed by atoms with Gasteiger partial charge in [-0.25, -0.2) is 0 Å². The molecule has 0 aliphatic heterocycles. The summed E-state index contributed by atoms with van der Waals surface area (Å²) < 4.78 is -1.81. The van der Waals surface area contributed by atoms with Gasteiger partial charge in [0, 0.05) is 4.90 Å². The summed E-state index contributed by atoms with van der Waals surface area (Å²) in [6.07, 6.45) is 0.0241. The first-order valence-corrected chi connectivity index (χ1v) is 5.96. The van der Waals surface area contributed by atoms with Crippen LogP contribution < -0.4 is 0 Å². The van der Waals surface area contributed by atoms with Crippen LogP contribution in [0.2, 0.25) is 0 Å². The summed E-state index contributed by atoms with van der Waals surface area (Å²) in [7, 11) is 0. The molecule has 1 aromatic carbocycles. The van der Waals surface area contributed by atoms with E-state index in [4.69, 9.17) is 10.2 Å². The van der Waals surface area contributed by atoms with Gasteiger partial charge in [-0.2, -0.15) is 0 Å². The summed E-state index contributed by atoms with van der Waals surface area (Å²) in [5.74, 6) is -2.64. The Bertz CT molecular complexity index is 428. The van der Waals surface area contributed by atoms with Crippen LogP contribution in [0.5, 0.6) is 0 Å². The zero-order valence-electron chi connectivity index (χ0n) is 9.64. The maximum atomic E-state index is 11.2. The normalized spacial score (nSPS) is 11.2. The van der Waals surface area contributed by atoms with Crippen LogP contribution in [0, 0.1) is 6.92 Å². The van der Waals surface area contributed by atoms with Crippen molar-refractivity contribution in [1.82, 2.24) is 0 Å². The molecule has 1 rings (SSSR count). The summed E-state index contributed by atoms with van der Waals surface area (Å²) in [6.45, 7) is 3.43. The number of thioether (sulfide) groups is 1. The molecule has 17 heavy (non-hydrogen) atoms. The lowest BCUT2D eigenvalue weighted by atomic mass is 10.1. The van der Waals surface area contributed by atoms with Crippen molar-refractivity contribution in [1.29, 1.82) is 0 Å². The molecule has 0 spiro atoms. The zero-order valence-corrected chi connectivity index (χ0v) is 10.5. The number of rotatable bonds is 5. The van der Waals surface area contributed by atoms with Crippen molar-refractivity contribution in [2.24, 2.45) is 0 Å². The highest BCUT2D eigenvalue weighted by atomic mass is 32.2. The van der Waals surface area contributed by atoms with E-state index in [1.807, 2.05) is 13.0 Å². The average Bonchev–Trinajstić information content (AvgIpc) is 2.25. The number of aryl methyl sites for hydroxylation is 1. The molecule has 92 valence electrons. The molecular weight excluding hydrogens is 240 g/mol. The van der Waals surface area contributed by atoms with Gasteiger partial charge in [-0.15, -0.1) is 0 Å². The summed E-state index contributed by atoms with van der Waals surface area (Å²) in [6, 6.07) is 7.15. The molecule has 0 atom stereocenters. The molecule has 0 aromatic heterocycles. The van der Waals surface area contributed by atoms with E-state index in [0.717, 1.165) is 17.3 Å². The Hall–Kier alpha value is -1.49. The van der Waals surface area contributed by atoms with E-state index in [9.17, 15) is 9.59 Å². The number of hydrogen-bond donors (Lipinski definition) is 2. The number of hydrogen-bond acceptors (Lipinski definition) is 3. The second-order valence-electron chi connectivity index (χ2n) is 3.71. The Kier molecular flexibility index (Phi) is 4.17. The van der Waals surface area contributed by atoms with Gasteiger partial charge >= 0.3 is 11.9 Å². The molecule has 2 N–H and O–H groups in total. The van der Waals surface area contributed by atoms with Crippen LogP contribution in [0.15, 0.2) is 29.2 Å². The average molecular weight is 254 g/mol. The zero-order chi connectivity index (χ0) is 13.1. The molecule has 1 aromatic rings. The lowest BCUT2D eigenvalue weighted by Gasteiger charge is -2.22. The van der Waals surface area contributed by atoms with Gasteiger partial charge in [0.1, 0.15) is 0 Å². The highest BCUT2D eigenvalue weighted by Crippen LogP contribution is 2.36. The third-order valence-corrected chi connectivity index (χ3v) is 3.95. The Morgan fingerprint density at radius 2 is 1.88 bits per heavy atom. The Morgan fingerprint density at radius 3 is 2.29 bits per heavy atom. The predicted octanol–water partition coefficient (Wildman–Crippen LogP) is 2.41. The maximum Gasteiger partial charge on any atom is 0.331 e. The van der Waals surface area contributed by atoms with Crippen LogP contribution in [-0.4, -0.2) is 26.9 Å². The number of carboxylic acid groups (broad SMARTS) is 2. The molecule has 0 heterocycles. The predicted molar refractivity (Wildman–Crippen MR) is 65.3 cm³/mol. The number of carboxylic acids is 2. The maximum absolute atomic E-state index is 11.2. The fourth-order valence-electron chi connectivity index (χ4n) is 1.43. The van der Waals surface area contributed by atoms with E-state index in [1.165, 1.54) is 0 Å². The second-order valence-corrected chi connectivity index (χ2v) is 5.08. The van der Waals surface area contributed by atoms with Gasteiger partial charge in [-0.05, 0) is 25.5 Å². The number of carbonyl (C=O) groups is 2. The summed E-state index contributed by atoms with van der Waals surface area (Å²) >= 11 is 0.867. The Labute approximate surface area is 104 Å². The molecule has 0 bridgehead atoms. The smallest absolute Gasteiger partial charge is 0.331 e. The fraction of sp³-hybridized carbons (Fsp3) is 0.333. The lowest BCUT2D eigenvalue weighted by Crippen LogP contribution is -2.42. The van der Waals surface area contributed by atoms with Crippen molar-refractivity contribution in [3.05, 3.63) is 29.8 Å². The van der Waals surface area contributed by atoms with Crippen LogP contribution in [0.1, 0.15) is 18.9 Å². The summed E-state index contributed by atoms with van der Waals surface area (Å²) in [4.78, 5) is 23.0. The first-order valence-electron chi connectivity index (χ1n) is 5.15. The standard InChI is InChI=1S/C12H14O4S/c1-3-12(10(13)14,11(15)16)17-9-6-4-5-8(2)7-9/h4-7H,3H2,1-2H3,(H,13,14)(H,15,16). The lowest BCUT2D eigenvalue weighted by molar-refractivity contribution is -0.151. The molecule has 0 amide bonds. The summed E-state index contributed by atoms with van der Waals surface area (Å²) in [5, 5.41) is 18.2. The van der Waals surface area contributed by atoms with Gasteiger partial charge in [0.05, 0.1) is 0 Å². The van der Waals surface area contributed by atoms with E-state index >= 15 is 0 Å². The van der Waals surface area contributed by atoms with Crippen LogP contribution in [0.25, 0.3) is 0 Å². The summed E-state index contributed by atoms with van der Waals surface area (Å²) in [5.41, 5.74) is 0.968. The minimum atomic E-state index is -1.81. The molecular formula is C12H14O4S. The van der Waals surface area contributed by atoms with Gasteiger partial charge < -0.3 is 10.2 Å².